The third kappa shape index (κ3) is 4.16. The van der Waals surface area contributed by atoms with E-state index in [2.05, 4.69) is 10.3 Å². The second kappa shape index (κ2) is 8.42. The first-order valence-corrected chi connectivity index (χ1v) is 10.9. The summed E-state index contributed by atoms with van der Waals surface area (Å²) in [6.45, 7) is 3.65. The van der Waals surface area contributed by atoms with Crippen LogP contribution in [0.5, 0.6) is 0 Å². The lowest BCUT2D eigenvalue weighted by atomic mass is 10.0. The van der Waals surface area contributed by atoms with Crippen LogP contribution in [0.1, 0.15) is 46.2 Å². The highest BCUT2D eigenvalue weighted by Crippen LogP contribution is 2.35. The van der Waals surface area contributed by atoms with Crippen molar-refractivity contribution in [1.82, 2.24) is 4.98 Å². The number of hydrogen-bond acceptors (Lipinski definition) is 6. The fourth-order valence-electron chi connectivity index (χ4n) is 3.40. The number of rotatable bonds is 7. The molecular weight excluding hydrogens is 410 g/mol. The van der Waals surface area contributed by atoms with Crippen molar-refractivity contribution in [1.29, 1.82) is 0 Å². The summed E-state index contributed by atoms with van der Waals surface area (Å²) in [7, 11) is -3.94. The molecule has 0 fully saturated rings. The Kier molecular flexibility index (Phi) is 6.11. The molecule has 0 saturated heterocycles. The Hall–Kier alpha value is -2.95. The number of benzene rings is 1. The zero-order chi connectivity index (χ0) is 22.1. The van der Waals surface area contributed by atoms with Crippen LogP contribution < -0.4 is 10.5 Å². The predicted molar refractivity (Wildman–Crippen MR) is 111 cm³/mol. The molecule has 0 radical (unpaired) electrons. The third-order valence-electron chi connectivity index (χ3n) is 4.87. The molecule has 3 rings (SSSR count). The number of aromatic nitrogens is 1. The number of fused-ring (bicyclic) bond motifs is 1. The number of aliphatic hydroxyl groups is 1. The molecule has 0 aliphatic carbocycles. The van der Waals surface area contributed by atoms with Gasteiger partial charge in [0, 0.05) is 23.6 Å². The Morgan fingerprint density at radius 2 is 2.07 bits per heavy atom. The molecular formula is C20H23N3O6S. The van der Waals surface area contributed by atoms with Gasteiger partial charge in [0.2, 0.25) is 10.0 Å². The van der Waals surface area contributed by atoms with Crippen molar-refractivity contribution in [3.05, 3.63) is 46.3 Å². The topological polar surface area (TPSA) is 152 Å². The van der Waals surface area contributed by atoms with Crippen LogP contribution in [0.3, 0.4) is 0 Å². The highest BCUT2D eigenvalue weighted by atomic mass is 32.2. The number of nitrogens with one attached hydrogen (secondary N) is 2. The van der Waals surface area contributed by atoms with E-state index in [1.807, 2.05) is 0 Å². The number of H-pyrrole nitrogens is 1. The Morgan fingerprint density at radius 1 is 1.33 bits per heavy atom. The van der Waals surface area contributed by atoms with E-state index in [9.17, 15) is 23.1 Å². The van der Waals surface area contributed by atoms with Crippen LogP contribution in [0.25, 0.3) is 11.6 Å². The second-order valence-corrected chi connectivity index (χ2v) is 8.39. The van der Waals surface area contributed by atoms with Gasteiger partial charge >= 0.3 is 5.97 Å². The SMILES string of the molecule is CCOC(=O)c1[nH]c(/C=C2\C(=O)Nc3ccc(S(N)(=O)=O)cc32)c(CCCO)c1C. The largest absolute Gasteiger partial charge is 0.461 e. The Bertz CT molecular complexity index is 1150. The number of aliphatic hydroxyl groups excluding tert-OH is 1. The average molecular weight is 433 g/mol. The lowest BCUT2D eigenvalue weighted by Gasteiger charge is -2.04. The quantitative estimate of drug-likeness (QED) is 0.384. The molecule has 160 valence electrons. The normalized spacial score (nSPS) is 14.7. The van der Waals surface area contributed by atoms with Gasteiger partial charge in [-0.3, -0.25) is 4.79 Å². The van der Waals surface area contributed by atoms with Gasteiger partial charge in [-0.2, -0.15) is 0 Å². The van der Waals surface area contributed by atoms with Crippen molar-refractivity contribution in [2.45, 2.75) is 31.6 Å². The molecule has 0 spiro atoms. The number of amides is 1. The highest BCUT2D eigenvalue weighted by Gasteiger charge is 2.27. The first-order valence-electron chi connectivity index (χ1n) is 9.37. The summed E-state index contributed by atoms with van der Waals surface area (Å²) < 4.78 is 28.5. The molecule has 5 N–H and O–H groups in total. The van der Waals surface area contributed by atoms with E-state index < -0.39 is 21.9 Å². The maximum absolute atomic E-state index is 12.5. The number of hydrogen-bond donors (Lipinski definition) is 4. The monoisotopic (exact) mass is 433 g/mol. The van der Waals surface area contributed by atoms with Gasteiger partial charge in [0.05, 0.1) is 17.1 Å². The molecule has 2 aromatic rings. The van der Waals surface area contributed by atoms with E-state index >= 15 is 0 Å². The van der Waals surface area contributed by atoms with Gasteiger partial charge in [0.15, 0.2) is 0 Å². The van der Waals surface area contributed by atoms with Gasteiger partial charge in [-0.05, 0) is 62.1 Å². The summed E-state index contributed by atoms with van der Waals surface area (Å²) >= 11 is 0. The molecule has 0 bridgehead atoms. The standard InChI is InChI=1S/C20H23N3O6S/c1-3-29-20(26)18-11(2)13(5-4-8-24)17(22-18)10-15-14-9-12(30(21,27)28)6-7-16(14)23-19(15)25/h6-7,9-10,22,24H,3-5,8H2,1-2H3,(H,23,25)(H2,21,27,28)/b15-10-. The highest BCUT2D eigenvalue weighted by molar-refractivity contribution is 7.89. The first kappa shape index (κ1) is 21.8. The van der Waals surface area contributed by atoms with E-state index in [1.54, 1.807) is 19.9 Å². The fourth-order valence-corrected chi connectivity index (χ4v) is 3.94. The predicted octanol–water partition coefficient (Wildman–Crippen LogP) is 1.56. The van der Waals surface area contributed by atoms with Crippen LogP contribution >= 0.6 is 0 Å². The van der Waals surface area contributed by atoms with Gasteiger partial charge in [-0.15, -0.1) is 0 Å². The molecule has 1 amide bonds. The lowest BCUT2D eigenvalue weighted by Crippen LogP contribution is -2.12. The molecule has 1 aliphatic heterocycles. The minimum atomic E-state index is -3.94. The Balaban J connectivity index is 2.14. The molecule has 0 unspecified atom stereocenters. The van der Waals surface area contributed by atoms with Crippen molar-refractivity contribution < 1.29 is 27.9 Å². The number of ether oxygens (including phenoxy) is 1. The van der Waals surface area contributed by atoms with Crippen molar-refractivity contribution in [2.75, 3.05) is 18.5 Å². The summed E-state index contributed by atoms with van der Waals surface area (Å²) in [5.74, 6) is -0.924. The summed E-state index contributed by atoms with van der Waals surface area (Å²) in [5, 5.41) is 17.1. The number of primary sulfonamides is 1. The molecule has 2 heterocycles. The van der Waals surface area contributed by atoms with Crippen LogP contribution in [0.15, 0.2) is 23.1 Å². The van der Waals surface area contributed by atoms with Crippen LogP contribution in [0.4, 0.5) is 5.69 Å². The molecule has 1 aromatic carbocycles. The number of carbonyl (C=O) groups excluding carboxylic acids is 2. The fraction of sp³-hybridized carbons (Fsp3) is 0.300. The second-order valence-electron chi connectivity index (χ2n) is 6.83. The van der Waals surface area contributed by atoms with Crippen LogP contribution in [0, 0.1) is 6.92 Å². The summed E-state index contributed by atoms with van der Waals surface area (Å²) in [5.41, 5.74) is 3.32. The van der Waals surface area contributed by atoms with Crippen LogP contribution in [0.2, 0.25) is 0 Å². The van der Waals surface area contributed by atoms with Crippen molar-refractivity contribution in [3.8, 4) is 0 Å². The van der Waals surface area contributed by atoms with Crippen LogP contribution in [-0.4, -0.2) is 43.6 Å². The number of sulfonamides is 1. The number of carbonyl (C=O) groups is 2. The molecule has 30 heavy (non-hydrogen) atoms. The minimum Gasteiger partial charge on any atom is -0.461 e. The molecule has 1 aliphatic rings. The van der Waals surface area contributed by atoms with Gasteiger partial charge in [-0.1, -0.05) is 0 Å². The molecule has 0 saturated carbocycles. The Labute approximate surface area is 174 Å². The first-order chi connectivity index (χ1) is 14.2. The van der Waals surface area contributed by atoms with Crippen molar-refractivity contribution in [2.24, 2.45) is 5.14 Å². The summed E-state index contributed by atoms with van der Waals surface area (Å²) in [6.07, 6.45) is 2.51. The zero-order valence-corrected chi connectivity index (χ0v) is 17.4. The number of anilines is 1. The smallest absolute Gasteiger partial charge is 0.355 e. The maximum Gasteiger partial charge on any atom is 0.355 e. The average Bonchev–Trinajstić information content (AvgIpc) is 3.16. The van der Waals surface area contributed by atoms with E-state index in [1.165, 1.54) is 18.2 Å². The molecule has 0 atom stereocenters. The van der Waals surface area contributed by atoms with Gasteiger partial charge < -0.3 is 20.1 Å². The van der Waals surface area contributed by atoms with Gasteiger partial charge in [0.25, 0.3) is 5.91 Å². The maximum atomic E-state index is 12.5. The Morgan fingerprint density at radius 3 is 2.70 bits per heavy atom. The number of nitrogens with two attached hydrogens (primary N) is 1. The zero-order valence-electron chi connectivity index (χ0n) is 16.6. The van der Waals surface area contributed by atoms with E-state index in [-0.39, 0.29) is 29.4 Å². The molecule has 1 aromatic heterocycles. The number of esters is 1. The van der Waals surface area contributed by atoms with E-state index in [4.69, 9.17) is 9.88 Å². The molecule has 9 nitrogen and oxygen atoms in total. The van der Waals surface area contributed by atoms with Crippen molar-refractivity contribution >= 4 is 39.2 Å². The van der Waals surface area contributed by atoms with Gasteiger partial charge in [0.1, 0.15) is 5.69 Å². The van der Waals surface area contributed by atoms with E-state index in [0.717, 1.165) is 5.56 Å². The summed E-state index contributed by atoms with van der Waals surface area (Å²) in [4.78, 5) is 27.7. The van der Waals surface area contributed by atoms with Gasteiger partial charge in [-0.25, -0.2) is 18.4 Å². The minimum absolute atomic E-state index is 0.0313. The molecule has 10 heteroatoms. The van der Waals surface area contributed by atoms with Crippen molar-refractivity contribution in [3.63, 3.8) is 0 Å². The number of aromatic amines is 1. The third-order valence-corrected chi connectivity index (χ3v) is 5.78. The lowest BCUT2D eigenvalue weighted by molar-refractivity contribution is -0.110. The summed E-state index contributed by atoms with van der Waals surface area (Å²) in [6, 6.07) is 4.13. The van der Waals surface area contributed by atoms with E-state index in [0.29, 0.717) is 35.3 Å². The van der Waals surface area contributed by atoms with Crippen LogP contribution in [-0.2, 0) is 26.0 Å².